The maximum absolute atomic E-state index is 12.7. The fourth-order valence-corrected chi connectivity index (χ4v) is 3.06. The van der Waals surface area contributed by atoms with E-state index in [9.17, 15) is 18.0 Å². The van der Waals surface area contributed by atoms with Crippen molar-refractivity contribution in [3.05, 3.63) is 0 Å². The second-order valence-corrected chi connectivity index (χ2v) is 5.74. The van der Waals surface area contributed by atoms with Gasteiger partial charge in [-0.2, -0.15) is 13.2 Å². The van der Waals surface area contributed by atoms with Crippen LogP contribution in [0.4, 0.5) is 13.2 Å². The van der Waals surface area contributed by atoms with E-state index >= 15 is 0 Å². The summed E-state index contributed by atoms with van der Waals surface area (Å²) >= 11 is 0. The molecule has 0 aromatic heterocycles. The number of nitrogens with zero attached hydrogens (tertiary/aromatic N) is 1. The molecule has 1 N–H and O–H groups in total. The van der Waals surface area contributed by atoms with E-state index in [0.29, 0.717) is 13.0 Å². The summed E-state index contributed by atoms with van der Waals surface area (Å²) in [4.78, 5) is 13.7. The minimum absolute atomic E-state index is 0. The van der Waals surface area contributed by atoms with Crippen LogP contribution in [0.5, 0.6) is 0 Å². The molecule has 7 heteroatoms. The van der Waals surface area contributed by atoms with E-state index in [1.54, 1.807) is 0 Å². The third-order valence-corrected chi connectivity index (χ3v) is 4.17. The van der Waals surface area contributed by atoms with Crippen LogP contribution in [-0.2, 0) is 4.79 Å². The molecule has 1 unspecified atom stereocenters. The Bertz CT molecular complexity index is 338. The van der Waals surface area contributed by atoms with Crippen LogP contribution in [0.2, 0.25) is 0 Å². The quantitative estimate of drug-likeness (QED) is 0.807. The van der Waals surface area contributed by atoms with Gasteiger partial charge in [0.15, 0.2) is 0 Å². The number of halogens is 4. The lowest BCUT2D eigenvalue weighted by Gasteiger charge is -2.37. The molecular formula is C13H22ClF3N2O. The molecule has 118 valence electrons. The lowest BCUT2D eigenvalue weighted by molar-refractivity contribution is -0.188. The lowest BCUT2D eigenvalue weighted by atomic mass is 9.90. The summed E-state index contributed by atoms with van der Waals surface area (Å²) in [6.45, 7) is 3.10. The van der Waals surface area contributed by atoms with Crippen LogP contribution in [0.1, 0.15) is 32.6 Å². The maximum atomic E-state index is 12.7. The molecule has 0 spiro atoms. The molecule has 0 aliphatic carbocycles. The molecule has 2 saturated heterocycles. The first-order valence-corrected chi connectivity index (χ1v) is 6.97. The Morgan fingerprint density at radius 1 is 1.30 bits per heavy atom. The Hall–Kier alpha value is -0.490. The van der Waals surface area contributed by atoms with E-state index in [0.717, 1.165) is 19.4 Å². The van der Waals surface area contributed by atoms with Crippen molar-refractivity contribution >= 4 is 18.3 Å². The first-order chi connectivity index (χ1) is 8.88. The summed E-state index contributed by atoms with van der Waals surface area (Å²) in [5.74, 6) is -1.53. The zero-order valence-electron chi connectivity index (χ0n) is 11.6. The maximum Gasteiger partial charge on any atom is 0.393 e. The van der Waals surface area contributed by atoms with Crippen LogP contribution in [0.25, 0.3) is 0 Å². The van der Waals surface area contributed by atoms with E-state index in [2.05, 4.69) is 5.32 Å². The molecule has 0 bridgehead atoms. The molecule has 20 heavy (non-hydrogen) atoms. The van der Waals surface area contributed by atoms with Gasteiger partial charge in [0.1, 0.15) is 0 Å². The molecule has 3 atom stereocenters. The molecular weight excluding hydrogens is 293 g/mol. The van der Waals surface area contributed by atoms with Crippen molar-refractivity contribution in [2.24, 2.45) is 11.8 Å². The fourth-order valence-electron chi connectivity index (χ4n) is 3.06. The number of hydrogen-bond donors (Lipinski definition) is 1. The fraction of sp³-hybridized carbons (Fsp3) is 0.923. The Kier molecular flexibility index (Phi) is 6.13. The largest absolute Gasteiger partial charge is 0.393 e. The Morgan fingerprint density at radius 2 is 2.00 bits per heavy atom. The highest BCUT2D eigenvalue weighted by atomic mass is 35.5. The predicted octanol–water partition coefficient (Wildman–Crippen LogP) is 2.60. The molecule has 0 aromatic carbocycles. The van der Waals surface area contributed by atoms with Gasteiger partial charge in [0.2, 0.25) is 5.91 Å². The second-order valence-electron chi connectivity index (χ2n) is 5.74. The van der Waals surface area contributed by atoms with Crippen molar-refractivity contribution in [1.29, 1.82) is 0 Å². The van der Waals surface area contributed by atoms with Crippen molar-refractivity contribution in [2.45, 2.75) is 44.8 Å². The van der Waals surface area contributed by atoms with Gasteiger partial charge in [-0.25, -0.2) is 0 Å². The van der Waals surface area contributed by atoms with E-state index in [1.807, 2.05) is 6.92 Å². The second kappa shape index (κ2) is 6.98. The molecule has 2 aliphatic rings. The summed E-state index contributed by atoms with van der Waals surface area (Å²) in [6.07, 6.45) is -2.12. The SMILES string of the molecule is C[C@H]1C[C@@H](C(=O)N2CCCC(C(F)(F)F)C2)CCN1.Cl. The molecule has 2 rings (SSSR count). The van der Waals surface area contributed by atoms with Crippen LogP contribution in [0.15, 0.2) is 0 Å². The number of hydrogen-bond acceptors (Lipinski definition) is 2. The number of amides is 1. The van der Waals surface area contributed by atoms with Gasteiger partial charge < -0.3 is 10.2 Å². The summed E-state index contributed by atoms with van der Waals surface area (Å²) in [6, 6.07) is 0.269. The molecule has 0 aromatic rings. The molecule has 2 heterocycles. The number of nitrogens with one attached hydrogen (secondary N) is 1. The van der Waals surface area contributed by atoms with Crippen LogP contribution < -0.4 is 5.32 Å². The number of likely N-dealkylation sites (tertiary alicyclic amines) is 1. The van der Waals surface area contributed by atoms with E-state index in [4.69, 9.17) is 0 Å². The van der Waals surface area contributed by atoms with Crippen LogP contribution in [0, 0.1) is 11.8 Å². The summed E-state index contributed by atoms with van der Waals surface area (Å²) in [5, 5.41) is 3.25. The minimum atomic E-state index is -4.18. The van der Waals surface area contributed by atoms with Crippen LogP contribution in [0.3, 0.4) is 0 Å². The highest BCUT2D eigenvalue weighted by Gasteiger charge is 2.43. The Labute approximate surface area is 123 Å². The number of rotatable bonds is 1. The zero-order chi connectivity index (χ0) is 14.0. The third kappa shape index (κ3) is 4.25. The zero-order valence-corrected chi connectivity index (χ0v) is 12.4. The lowest BCUT2D eigenvalue weighted by Crippen LogP contribution is -2.49. The first-order valence-electron chi connectivity index (χ1n) is 6.97. The van der Waals surface area contributed by atoms with Crippen molar-refractivity contribution in [3.8, 4) is 0 Å². The minimum Gasteiger partial charge on any atom is -0.342 e. The number of alkyl halides is 3. The molecule has 2 fully saturated rings. The van der Waals surface area contributed by atoms with Gasteiger partial charge in [-0.3, -0.25) is 4.79 Å². The molecule has 3 nitrogen and oxygen atoms in total. The molecule has 0 saturated carbocycles. The van der Waals surface area contributed by atoms with Crippen LogP contribution in [-0.4, -0.2) is 42.7 Å². The monoisotopic (exact) mass is 314 g/mol. The number of carbonyl (C=O) groups is 1. The van der Waals surface area contributed by atoms with Crippen molar-refractivity contribution in [1.82, 2.24) is 10.2 Å². The highest BCUT2D eigenvalue weighted by Crippen LogP contribution is 2.34. The normalized spacial score (nSPS) is 31.6. The van der Waals surface area contributed by atoms with E-state index in [1.165, 1.54) is 4.90 Å². The van der Waals surface area contributed by atoms with Gasteiger partial charge in [0, 0.05) is 25.0 Å². The van der Waals surface area contributed by atoms with Gasteiger partial charge in [-0.05, 0) is 39.2 Å². The standard InChI is InChI=1S/C13H21F3N2O.ClH/c1-9-7-10(4-5-17-9)12(19)18-6-2-3-11(8-18)13(14,15)16;/h9-11,17H,2-8H2,1H3;1H/t9-,10-,11?;/m0./s1. The molecule has 2 aliphatic heterocycles. The summed E-state index contributed by atoms with van der Waals surface area (Å²) < 4.78 is 38.2. The topological polar surface area (TPSA) is 32.3 Å². The van der Waals surface area contributed by atoms with E-state index in [-0.39, 0.29) is 43.2 Å². The Morgan fingerprint density at radius 3 is 2.60 bits per heavy atom. The average Bonchev–Trinajstić information content (AvgIpc) is 2.37. The summed E-state index contributed by atoms with van der Waals surface area (Å²) in [5.41, 5.74) is 0. The highest BCUT2D eigenvalue weighted by molar-refractivity contribution is 5.85. The van der Waals surface area contributed by atoms with Gasteiger partial charge in [-0.15, -0.1) is 12.4 Å². The molecule has 0 radical (unpaired) electrons. The van der Waals surface area contributed by atoms with Crippen LogP contribution >= 0.6 is 12.4 Å². The third-order valence-electron chi connectivity index (χ3n) is 4.17. The average molecular weight is 315 g/mol. The van der Waals surface area contributed by atoms with Gasteiger partial charge in [0.05, 0.1) is 5.92 Å². The predicted molar refractivity (Wildman–Crippen MR) is 72.8 cm³/mol. The first kappa shape index (κ1) is 17.6. The van der Waals surface area contributed by atoms with Gasteiger partial charge in [0.25, 0.3) is 0 Å². The van der Waals surface area contributed by atoms with Crippen molar-refractivity contribution in [2.75, 3.05) is 19.6 Å². The Balaban J connectivity index is 0.00000200. The smallest absolute Gasteiger partial charge is 0.342 e. The number of carbonyl (C=O) groups excluding carboxylic acids is 1. The molecule has 1 amide bonds. The van der Waals surface area contributed by atoms with Gasteiger partial charge >= 0.3 is 6.18 Å². The number of piperidine rings is 2. The summed E-state index contributed by atoms with van der Waals surface area (Å²) in [7, 11) is 0. The van der Waals surface area contributed by atoms with E-state index < -0.39 is 12.1 Å². The van der Waals surface area contributed by atoms with Gasteiger partial charge in [-0.1, -0.05) is 0 Å². The van der Waals surface area contributed by atoms with Crippen molar-refractivity contribution in [3.63, 3.8) is 0 Å². The van der Waals surface area contributed by atoms with Crippen molar-refractivity contribution < 1.29 is 18.0 Å².